The lowest BCUT2D eigenvalue weighted by molar-refractivity contribution is -0.127. The van der Waals surface area contributed by atoms with Gasteiger partial charge in [0.05, 0.1) is 5.69 Å². The largest absolute Gasteiger partial charge is 0.353 e. The molecule has 5 rings (SSSR count). The Hall–Kier alpha value is -3.48. The number of aromatic amines is 1. The molecule has 0 radical (unpaired) electrons. The molecule has 1 aliphatic carbocycles. The predicted octanol–water partition coefficient (Wildman–Crippen LogP) is 4.17. The molecule has 0 bridgehead atoms. The van der Waals surface area contributed by atoms with Crippen molar-refractivity contribution in [2.24, 2.45) is 5.92 Å². The minimum absolute atomic E-state index is 0.0255. The van der Waals surface area contributed by atoms with Gasteiger partial charge in [0.25, 0.3) is 5.91 Å². The van der Waals surface area contributed by atoms with E-state index >= 15 is 0 Å². The van der Waals surface area contributed by atoms with E-state index in [1.807, 2.05) is 12.1 Å². The second-order valence-electron chi connectivity index (χ2n) is 9.44. The van der Waals surface area contributed by atoms with E-state index in [1.54, 1.807) is 23.4 Å². The van der Waals surface area contributed by atoms with Gasteiger partial charge in [0.1, 0.15) is 0 Å². The number of pyridine rings is 1. The zero-order chi connectivity index (χ0) is 23.3. The number of hydrogen-bond acceptors (Lipinski definition) is 4. The molecule has 1 aromatic carbocycles. The van der Waals surface area contributed by atoms with E-state index in [-0.39, 0.29) is 23.8 Å². The smallest absolute Gasteiger partial charge is 0.274 e. The molecule has 3 heterocycles. The highest BCUT2D eigenvalue weighted by Crippen LogP contribution is 2.33. The van der Waals surface area contributed by atoms with Gasteiger partial charge in [0, 0.05) is 43.0 Å². The summed E-state index contributed by atoms with van der Waals surface area (Å²) in [4.78, 5) is 31.6. The van der Waals surface area contributed by atoms with Crippen molar-refractivity contribution in [2.75, 3.05) is 13.1 Å². The lowest BCUT2D eigenvalue weighted by Gasteiger charge is -2.33. The summed E-state index contributed by atoms with van der Waals surface area (Å²) >= 11 is 0. The van der Waals surface area contributed by atoms with Gasteiger partial charge in [-0.3, -0.25) is 19.7 Å². The summed E-state index contributed by atoms with van der Waals surface area (Å²) in [5.74, 6) is 0.636. The molecule has 1 saturated carbocycles. The highest BCUT2D eigenvalue weighted by Gasteiger charge is 2.31. The van der Waals surface area contributed by atoms with E-state index in [9.17, 15) is 9.59 Å². The third kappa shape index (κ3) is 5.03. The third-order valence-corrected chi connectivity index (χ3v) is 7.29. The fourth-order valence-electron chi connectivity index (χ4n) is 5.23. The van der Waals surface area contributed by atoms with Crippen LogP contribution in [0.4, 0.5) is 0 Å². The fourth-order valence-corrected chi connectivity index (χ4v) is 5.23. The molecule has 7 nitrogen and oxygen atoms in total. The van der Waals surface area contributed by atoms with Crippen LogP contribution in [0.5, 0.6) is 0 Å². The van der Waals surface area contributed by atoms with Crippen LogP contribution in [0.15, 0.2) is 60.9 Å². The molecule has 2 amide bonds. The molecule has 1 saturated heterocycles. The molecule has 0 spiro atoms. The highest BCUT2D eigenvalue weighted by molar-refractivity contribution is 5.93. The Labute approximate surface area is 200 Å². The lowest BCUT2D eigenvalue weighted by atomic mass is 9.81. The zero-order valence-corrected chi connectivity index (χ0v) is 19.3. The van der Waals surface area contributed by atoms with Crippen LogP contribution in [0.3, 0.4) is 0 Å². The minimum Gasteiger partial charge on any atom is -0.353 e. The first kappa shape index (κ1) is 22.3. The van der Waals surface area contributed by atoms with Crippen molar-refractivity contribution >= 4 is 11.8 Å². The van der Waals surface area contributed by atoms with Crippen LogP contribution in [-0.2, 0) is 4.79 Å². The summed E-state index contributed by atoms with van der Waals surface area (Å²) in [6.45, 7) is 1.16. The monoisotopic (exact) mass is 457 g/mol. The Balaban J connectivity index is 1.08. The fraction of sp³-hybridized carbons (Fsp3) is 0.407. The van der Waals surface area contributed by atoms with Gasteiger partial charge in [-0.1, -0.05) is 30.3 Å². The van der Waals surface area contributed by atoms with Crippen LogP contribution >= 0.6 is 0 Å². The number of H-pyrrole nitrogens is 1. The van der Waals surface area contributed by atoms with Crippen LogP contribution in [-0.4, -0.2) is 51.0 Å². The molecule has 0 atom stereocenters. The summed E-state index contributed by atoms with van der Waals surface area (Å²) in [6.07, 6.45) is 9.10. The molecule has 1 aliphatic heterocycles. The summed E-state index contributed by atoms with van der Waals surface area (Å²) in [5.41, 5.74) is 3.55. The number of nitrogens with zero attached hydrogens (tertiary/aromatic N) is 3. The van der Waals surface area contributed by atoms with Crippen molar-refractivity contribution in [1.82, 2.24) is 25.4 Å². The number of carbonyl (C=O) groups excluding carboxylic acids is 2. The normalized spacial score (nSPS) is 21.2. The van der Waals surface area contributed by atoms with Crippen molar-refractivity contribution in [3.8, 4) is 11.3 Å². The Morgan fingerprint density at radius 1 is 0.912 bits per heavy atom. The number of carbonyl (C=O) groups is 2. The maximum atomic E-state index is 12.9. The number of aromatic nitrogens is 3. The molecule has 2 N–H and O–H groups in total. The maximum absolute atomic E-state index is 12.9. The first-order chi connectivity index (χ1) is 16.7. The number of nitrogens with one attached hydrogen (secondary N) is 2. The Morgan fingerprint density at radius 2 is 1.62 bits per heavy atom. The van der Waals surface area contributed by atoms with Crippen LogP contribution < -0.4 is 5.32 Å². The van der Waals surface area contributed by atoms with Gasteiger partial charge >= 0.3 is 0 Å². The van der Waals surface area contributed by atoms with Gasteiger partial charge in [0.15, 0.2) is 5.69 Å². The SMILES string of the molecule is O=C(NC1CCC(c2ccccc2)CC1)C1CCN(C(=O)c2cc(-c3ccncc3)[nH]n2)CC1. The van der Waals surface area contributed by atoms with Crippen molar-refractivity contribution in [3.63, 3.8) is 0 Å². The van der Waals surface area contributed by atoms with Crippen molar-refractivity contribution in [3.05, 3.63) is 72.2 Å². The summed E-state index contributed by atoms with van der Waals surface area (Å²) < 4.78 is 0. The van der Waals surface area contributed by atoms with Crippen LogP contribution in [0.2, 0.25) is 0 Å². The summed E-state index contributed by atoms with van der Waals surface area (Å²) in [5, 5.41) is 10.4. The molecule has 2 aromatic heterocycles. The van der Waals surface area contributed by atoms with Crippen LogP contribution in [0.1, 0.15) is 60.5 Å². The van der Waals surface area contributed by atoms with E-state index in [0.717, 1.165) is 36.9 Å². The average Bonchev–Trinajstić information content (AvgIpc) is 3.40. The van der Waals surface area contributed by atoms with E-state index in [0.29, 0.717) is 37.5 Å². The maximum Gasteiger partial charge on any atom is 0.274 e. The topological polar surface area (TPSA) is 91.0 Å². The number of rotatable bonds is 5. The standard InChI is InChI=1S/C27H31N5O2/c33-26(29-23-8-6-20(7-9-23)19-4-2-1-3-5-19)22-12-16-32(17-13-22)27(34)25-18-24(30-31-25)21-10-14-28-15-11-21/h1-5,10-11,14-15,18,20,22-23H,6-9,12-13,16-17H2,(H,29,33)(H,30,31). The van der Waals surface area contributed by atoms with Crippen molar-refractivity contribution in [1.29, 1.82) is 0 Å². The first-order valence-corrected chi connectivity index (χ1v) is 12.3. The minimum atomic E-state index is -0.0883. The summed E-state index contributed by atoms with van der Waals surface area (Å²) in [6, 6.07) is 16.5. The van der Waals surface area contributed by atoms with Gasteiger partial charge in [-0.15, -0.1) is 0 Å². The van der Waals surface area contributed by atoms with Gasteiger partial charge in [0.2, 0.25) is 5.91 Å². The Morgan fingerprint density at radius 3 is 2.32 bits per heavy atom. The molecule has 3 aromatic rings. The van der Waals surface area contributed by atoms with Crippen LogP contribution in [0.25, 0.3) is 11.3 Å². The predicted molar refractivity (Wildman–Crippen MR) is 130 cm³/mol. The number of likely N-dealkylation sites (tertiary alicyclic amines) is 1. The Kier molecular flexibility index (Phi) is 6.70. The van der Waals surface area contributed by atoms with E-state index < -0.39 is 0 Å². The number of piperidine rings is 1. The quantitative estimate of drug-likeness (QED) is 0.602. The molecule has 0 unspecified atom stereocenters. The molecule has 2 aliphatic rings. The molecular formula is C27H31N5O2. The lowest BCUT2D eigenvalue weighted by Crippen LogP contribution is -2.46. The first-order valence-electron chi connectivity index (χ1n) is 12.3. The zero-order valence-electron chi connectivity index (χ0n) is 19.3. The number of hydrogen-bond donors (Lipinski definition) is 2. The molecule has 7 heteroatoms. The molecular weight excluding hydrogens is 426 g/mol. The van der Waals surface area contributed by atoms with Gasteiger partial charge in [-0.05, 0) is 68.2 Å². The second kappa shape index (κ2) is 10.2. The average molecular weight is 458 g/mol. The van der Waals surface area contributed by atoms with Crippen LogP contribution in [0, 0.1) is 5.92 Å². The second-order valence-corrected chi connectivity index (χ2v) is 9.44. The summed E-state index contributed by atoms with van der Waals surface area (Å²) in [7, 11) is 0. The number of amides is 2. The van der Waals surface area contributed by atoms with Gasteiger partial charge in [-0.2, -0.15) is 5.10 Å². The molecule has 2 fully saturated rings. The highest BCUT2D eigenvalue weighted by atomic mass is 16.2. The molecule has 176 valence electrons. The Bertz CT molecular complexity index is 1100. The van der Waals surface area contributed by atoms with E-state index in [4.69, 9.17) is 0 Å². The number of benzene rings is 1. The molecule has 34 heavy (non-hydrogen) atoms. The van der Waals surface area contributed by atoms with Gasteiger partial charge in [-0.25, -0.2) is 0 Å². The van der Waals surface area contributed by atoms with E-state index in [1.165, 1.54) is 5.56 Å². The van der Waals surface area contributed by atoms with Gasteiger partial charge < -0.3 is 10.2 Å². The van der Waals surface area contributed by atoms with E-state index in [2.05, 4.69) is 50.8 Å². The van der Waals surface area contributed by atoms with Crippen molar-refractivity contribution in [2.45, 2.75) is 50.5 Å². The third-order valence-electron chi connectivity index (χ3n) is 7.29. The van der Waals surface area contributed by atoms with Crippen molar-refractivity contribution < 1.29 is 9.59 Å².